The Balaban J connectivity index is 2.89. The fourth-order valence-corrected chi connectivity index (χ4v) is 1.03. The van der Waals surface area contributed by atoms with E-state index in [4.69, 9.17) is 11.6 Å². The van der Waals surface area contributed by atoms with Crippen molar-refractivity contribution in [3.8, 4) is 0 Å². The largest absolute Gasteiger partial charge is 0.102 e. The molecule has 0 fully saturated rings. The summed E-state index contributed by atoms with van der Waals surface area (Å²) in [5.41, 5.74) is 1.25. The molecule has 0 nitrogen and oxygen atoms in total. The molecule has 1 aromatic rings. The molecular weight excluding hydrogens is 156 g/mol. The van der Waals surface area contributed by atoms with Crippen LogP contribution in [0.5, 0.6) is 0 Å². The number of benzene rings is 1. The maximum absolute atomic E-state index is 5.73. The number of hydrogen-bond acceptors (Lipinski definition) is 0. The van der Waals surface area contributed by atoms with Gasteiger partial charge in [0, 0.05) is 5.02 Å². The fourth-order valence-electron chi connectivity index (χ4n) is 0.902. The Morgan fingerprint density at radius 1 is 1.36 bits per heavy atom. The van der Waals surface area contributed by atoms with Gasteiger partial charge in [0.1, 0.15) is 0 Å². The van der Waals surface area contributed by atoms with Crippen LogP contribution in [0.1, 0.15) is 18.4 Å². The quantitative estimate of drug-likeness (QED) is 0.589. The smallest absolute Gasteiger partial charge is 0.0406 e. The molecule has 1 heteroatoms. The molecule has 0 aliphatic heterocycles. The van der Waals surface area contributed by atoms with Crippen LogP contribution < -0.4 is 0 Å². The second-order valence-corrected chi connectivity index (χ2v) is 3.01. The predicted molar refractivity (Wildman–Crippen MR) is 50.1 cm³/mol. The minimum Gasteiger partial charge on any atom is -0.102 e. The molecule has 0 spiro atoms. The van der Waals surface area contributed by atoms with Gasteiger partial charge in [-0.3, -0.25) is 0 Å². The number of rotatable bonds is 2. The van der Waals surface area contributed by atoms with Gasteiger partial charge in [-0.2, -0.15) is 0 Å². The molecule has 1 rings (SSSR count). The molecule has 0 radical (unpaired) electrons. The van der Waals surface area contributed by atoms with E-state index >= 15 is 0 Å². The van der Waals surface area contributed by atoms with E-state index < -0.39 is 0 Å². The summed E-state index contributed by atoms with van der Waals surface area (Å²) in [6.07, 6.45) is 1.92. The highest BCUT2D eigenvalue weighted by Gasteiger charge is 1.98. The van der Waals surface area contributed by atoms with Gasteiger partial charge in [0.05, 0.1) is 0 Å². The zero-order valence-electron chi connectivity index (χ0n) is 6.55. The van der Waals surface area contributed by atoms with Gasteiger partial charge in [-0.1, -0.05) is 36.7 Å². The number of hydrogen-bond donors (Lipinski definition) is 0. The van der Waals surface area contributed by atoms with Crippen molar-refractivity contribution >= 4 is 11.6 Å². The van der Waals surface area contributed by atoms with Crippen molar-refractivity contribution in [1.29, 1.82) is 0 Å². The Kier molecular flexibility index (Phi) is 2.72. The van der Waals surface area contributed by atoms with Gasteiger partial charge in [0.2, 0.25) is 0 Å². The van der Waals surface area contributed by atoms with E-state index in [1.165, 1.54) is 5.56 Å². The molecule has 0 unspecified atom stereocenters. The first-order valence-corrected chi connectivity index (χ1v) is 4.00. The van der Waals surface area contributed by atoms with Crippen molar-refractivity contribution in [2.24, 2.45) is 0 Å². The van der Waals surface area contributed by atoms with Gasteiger partial charge >= 0.3 is 0 Å². The molecule has 1 atom stereocenters. The summed E-state index contributed by atoms with van der Waals surface area (Å²) >= 11 is 5.73. The van der Waals surface area contributed by atoms with E-state index in [0.717, 1.165) is 5.02 Å². The third kappa shape index (κ3) is 2.09. The second-order valence-electron chi connectivity index (χ2n) is 2.58. The maximum Gasteiger partial charge on any atom is 0.0406 e. The molecular formula is C10H11Cl. The molecule has 0 saturated carbocycles. The van der Waals surface area contributed by atoms with Crippen molar-refractivity contribution in [2.75, 3.05) is 0 Å². The first kappa shape index (κ1) is 8.35. The van der Waals surface area contributed by atoms with E-state index in [2.05, 4.69) is 13.5 Å². The van der Waals surface area contributed by atoms with Crippen LogP contribution in [0.2, 0.25) is 5.02 Å². The van der Waals surface area contributed by atoms with Crippen LogP contribution >= 0.6 is 11.6 Å². The summed E-state index contributed by atoms with van der Waals surface area (Å²) < 4.78 is 0. The zero-order valence-corrected chi connectivity index (χ0v) is 7.31. The van der Waals surface area contributed by atoms with Crippen LogP contribution in [0.3, 0.4) is 0 Å². The minimum atomic E-state index is 0.410. The van der Waals surface area contributed by atoms with Gasteiger partial charge in [-0.05, 0) is 23.6 Å². The minimum absolute atomic E-state index is 0.410. The lowest BCUT2D eigenvalue weighted by Crippen LogP contribution is -1.86. The Hall–Kier alpha value is -0.750. The fraction of sp³-hybridized carbons (Fsp3) is 0.200. The Morgan fingerprint density at radius 2 is 1.91 bits per heavy atom. The predicted octanol–water partition coefficient (Wildman–Crippen LogP) is 3.63. The highest BCUT2D eigenvalue weighted by atomic mass is 35.5. The van der Waals surface area contributed by atoms with Crippen molar-refractivity contribution in [2.45, 2.75) is 12.8 Å². The lowest BCUT2D eigenvalue weighted by atomic mass is 10.0. The Morgan fingerprint density at radius 3 is 2.36 bits per heavy atom. The third-order valence-corrected chi connectivity index (χ3v) is 2.00. The van der Waals surface area contributed by atoms with Gasteiger partial charge in [0.15, 0.2) is 0 Å². The Bertz CT molecular complexity index is 236. The van der Waals surface area contributed by atoms with Crippen molar-refractivity contribution in [3.05, 3.63) is 47.5 Å². The monoisotopic (exact) mass is 166 g/mol. The molecule has 0 N–H and O–H groups in total. The molecule has 11 heavy (non-hydrogen) atoms. The average Bonchev–Trinajstić information content (AvgIpc) is 2.05. The molecule has 58 valence electrons. The van der Waals surface area contributed by atoms with Gasteiger partial charge < -0.3 is 0 Å². The van der Waals surface area contributed by atoms with Crippen molar-refractivity contribution < 1.29 is 0 Å². The lowest BCUT2D eigenvalue weighted by molar-refractivity contribution is 0.971. The summed E-state index contributed by atoms with van der Waals surface area (Å²) in [7, 11) is 0. The molecule has 0 aliphatic rings. The normalized spacial score (nSPS) is 12.5. The SMILES string of the molecule is C=C[C@H](C)c1ccc(Cl)cc1. The first-order valence-electron chi connectivity index (χ1n) is 3.62. The zero-order chi connectivity index (χ0) is 8.27. The van der Waals surface area contributed by atoms with Crippen LogP contribution in [-0.4, -0.2) is 0 Å². The number of halogens is 1. The standard InChI is InChI=1S/C10H11Cl/c1-3-8(2)9-4-6-10(11)7-5-9/h3-8H,1H2,2H3/t8-/m0/s1. The summed E-state index contributed by atoms with van der Waals surface area (Å²) in [4.78, 5) is 0. The topological polar surface area (TPSA) is 0 Å². The highest BCUT2D eigenvalue weighted by Crippen LogP contribution is 2.18. The molecule has 0 aliphatic carbocycles. The van der Waals surface area contributed by atoms with Gasteiger partial charge in [-0.15, -0.1) is 6.58 Å². The molecule has 0 saturated heterocycles. The first-order chi connectivity index (χ1) is 5.24. The van der Waals surface area contributed by atoms with E-state index in [1.807, 2.05) is 30.3 Å². The van der Waals surface area contributed by atoms with Gasteiger partial charge in [0.25, 0.3) is 0 Å². The summed E-state index contributed by atoms with van der Waals surface area (Å²) in [5, 5.41) is 0.782. The van der Waals surface area contributed by atoms with E-state index in [9.17, 15) is 0 Å². The van der Waals surface area contributed by atoms with E-state index in [-0.39, 0.29) is 0 Å². The van der Waals surface area contributed by atoms with Crippen molar-refractivity contribution in [1.82, 2.24) is 0 Å². The maximum atomic E-state index is 5.73. The van der Waals surface area contributed by atoms with Crippen LogP contribution in [-0.2, 0) is 0 Å². The Labute approximate surface area is 72.5 Å². The number of allylic oxidation sites excluding steroid dienone is 1. The molecule has 0 amide bonds. The van der Waals surface area contributed by atoms with Crippen LogP contribution in [0.4, 0.5) is 0 Å². The van der Waals surface area contributed by atoms with Crippen molar-refractivity contribution in [3.63, 3.8) is 0 Å². The average molecular weight is 167 g/mol. The summed E-state index contributed by atoms with van der Waals surface area (Å²) in [5.74, 6) is 0.410. The van der Waals surface area contributed by atoms with Crippen LogP contribution in [0.25, 0.3) is 0 Å². The molecule has 0 aromatic heterocycles. The second kappa shape index (κ2) is 3.59. The lowest BCUT2D eigenvalue weighted by Gasteiger charge is -2.04. The highest BCUT2D eigenvalue weighted by molar-refractivity contribution is 6.30. The van der Waals surface area contributed by atoms with Gasteiger partial charge in [-0.25, -0.2) is 0 Å². The molecule has 0 bridgehead atoms. The van der Waals surface area contributed by atoms with E-state index in [1.54, 1.807) is 0 Å². The molecule has 0 heterocycles. The van der Waals surface area contributed by atoms with E-state index in [0.29, 0.717) is 5.92 Å². The van der Waals surface area contributed by atoms with Crippen LogP contribution in [0.15, 0.2) is 36.9 Å². The molecule has 1 aromatic carbocycles. The summed E-state index contributed by atoms with van der Waals surface area (Å²) in [6, 6.07) is 7.84. The van der Waals surface area contributed by atoms with Crippen LogP contribution in [0, 0.1) is 0 Å². The summed E-state index contributed by atoms with van der Waals surface area (Å²) in [6.45, 7) is 5.83. The third-order valence-electron chi connectivity index (χ3n) is 1.75.